The Hall–Kier alpha value is -4.64. The fourth-order valence-corrected chi connectivity index (χ4v) is 5.29. The molecule has 0 unspecified atom stereocenters. The molecule has 0 bridgehead atoms. The number of rotatable bonds is 15. The van der Waals surface area contributed by atoms with E-state index in [9.17, 15) is 4.79 Å². The van der Waals surface area contributed by atoms with Crippen molar-refractivity contribution in [2.75, 3.05) is 13.2 Å². The predicted molar refractivity (Wildman–Crippen MR) is 172 cm³/mol. The minimum absolute atomic E-state index is 0.0684. The van der Waals surface area contributed by atoms with Crippen LogP contribution in [-0.4, -0.2) is 28.6 Å². The summed E-state index contributed by atoms with van der Waals surface area (Å²) in [6.45, 7) is 5.86. The predicted octanol–water partition coefficient (Wildman–Crippen LogP) is 7.58. The van der Waals surface area contributed by atoms with E-state index >= 15 is 0 Å². The highest BCUT2D eigenvalue weighted by atomic mass is 16.5. The highest BCUT2D eigenvalue weighted by Gasteiger charge is 2.11. The lowest BCUT2D eigenvalue weighted by Gasteiger charge is -2.13. The van der Waals surface area contributed by atoms with Gasteiger partial charge in [0.2, 0.25) is 5.91 Å². The van der Waals surface area contributed by atoms with Crippen molar-refractivity contribution in [2.45, 2.75) is 45.1 Å². The number of aromatic nitrogens is 2. The molecule has 4 aromatic carbocycles. The number of fused-ring (bicyclic) bond motifs is 1. The van der Waals surface area contributed by atoms with E-state index in [0.717, 1.165) is 77.9 Å². The highest BCUT2D eigenvalue weighted by Crippen LogP contribution is 2.22. The van der Waals surface area contributed by atoms with Crippen molar-refractivity contribution in [3.05, 3.63) is 133 Å². The molecule has 5 aromatic rings. The standard InChI is InChI=1S/C37H39N3O2/c1-2-13-32-16-8-11-19-35(32)42-27-26-40-34-18-10-9-17-33(34)39-36(40)20-7-4-12-25-38-37(41)28-29-21-23-31(24-22-29)30-14-5-3-6-15-30/h2-3,5-6,8-11,14-19,21-24H,1,4,7,12-13,20,25-28H2,(H,38,41). The molecule has 0 radical (unpaired) electrons. The van der Waals surface area contributed by atoms with Crippen molar-refractivity contribution in [3.63, 3.8) is 0 Å². The number of hydrogen-bond donors (Lipinski definition) is 1. The molecule has 0 saturated heterocycles. The third-order valence-corrected chi connectivity index (χ3v) is 7.47. The monoisotopic (exact) mass is 557 g/mol. The Balaban J connectivity index is 1.06. The molecule has 0 saturated carbocycles. The topological polar surface area (TPSA) is 56.1 Å². The van der Waals surface area contributed by atoms with E-state index in [0.29, 0.717) is 19.6 Å². The number of allylic oxidation sites excluding steroid dienone is 1. The molecule has 1 amide bonds. The lowest BCUT2D eigenvalue weighted by atomic mass is 10.0. The number of carbonyl (C=O) groups is 1. The average molecular weight is 558 g/mol. The zero-order valence-corrected chi connectivity index (χ0v) is 24.2. The molecular formula is C37H39N3O2. The normalized spacial score (nSPS) is 11.0. The van der Waals surface area contributed by atoms with Gasteiger partial charge in [-0.2, -0.15) is 0 Å². The molecule has 0 atom stereocenters. The summed E-state index contributed by atoms with van der Waals surface area (Å²) >= 11 is 0. The Morgan fingerprint density at radius 3 is 2.40 bits per heavy atom. The van der Waals surface area contributed by atoms with Crippen LogP contribution in [0.25, 0.3) is 22.2 Å². The number of imidazole rings is 1. The Morgan fingerprint density at radius 2 is 1.57 bits per heavy atom. The van der Waals surface area contributed by atoms with Gasteiger partial charge in [0.1, 0.15) is 18.2 Å². The van der Waals surface area contributed by atoms with Gasteiger partial charge >= 0.3 is 0 Å². The van der Waals surface area contributed by atoms with E-state index in [-0.39, 0.29) is 5.91 Å². The average Bonchev–Trinajstić information content (AvgIpc) is 3.38. The molecular weight excluding hydrogens is 518 g/mol. The molecule has 5 heteroatoms. The van der Waals surface area contributed by atoms with E-state index in [4.69, 9.17) is 9.72 Å². The van der Waals surface area contributed by atoms with Crippen LogP contribution in [0.1, 0.15) is 36.2 Å². The van der Waals surface area contributed by atoms with E-state index < -0.39 is 0 Å². The number of unbranched alkanes of at least 4 members (excludes halogenated alkanes) is 2. The fraction of sp³-hybridized carbons (Fsp3) is 0.243. The molecule has 42 heavy (non-hydrogen) atoms. The van der Waals surface area contributed by atoms with Gasteiger partial charge in [0.25, 0.3) is 0 Å². The number of hydrogen-bond acceptors (Lipinski definition) is 3. The van der Waals surface area contributed by atoms with Gasteiger partial charge in [0.05, 0.1) is 24.0 Å². The van der Waals surface area contributed by atoms with Crippen LogP contribution in [0.4, 0.5) is 0 Å². The number of carbonyl (C=O) groups excluding carboxylic acids is 1. The highest BCUT2D eigenvalue weighted by molar-refractivity contribution is 5.79. The summed E-state index contributed by atoms with van der Waals surface area (Å²) in [5.74, 6) is 2.07. The Kier molecular flexibility index (Phi) is 10.2. The summed E-state index contributed by atoms with van der Waals surface area (Å²) in [4.78, 5) is 17.4. The summed E-state index contributed by atoms with van der Waals surface area (Å²) in [5, 5.41) is 3.08. The quantitative estimate of drug-likeness (QED) is 0.107. The van der Waals surface area contributed by atoms with Crippen LogP contribution < -0.4 is 10.1 Å². The van der Waals surface area contributed by atoms with Crippen molar-refractivity contribution in [3.8, 4) is 16.9 Å². The Morgan fingerprint density at radius 1 is 0.833 bits per heavy atom. The zero-order valence-electron chi connectivity index (χ0n) is 24.2. The number of nitrogens with zero attached hydrogens (tertiary/aromatic N) is 2. The molecule has 0 fully saturated rings. The number of ether oxygens (including phenoxy) is 1. The summed E-state index contributed by atoms with van der Waals surface area (Å²) in [6, 6.07) is 35.0. The van der Waals surface area contributed by atoms with Crippen molar-refractivity contribution in [2.24, 2.45) is 0 Å². The van der Waals surface area contributed by atoms with Gasteiger partial charge in [-0.3, -0.25) is 4.79 Å². The van der Waals surface area contributed by atoms with Crippen molar-refractivity contribution in [1.29, 1.82) is 0 Å². The molecule has 5 rings (SSSR count). The van der Waals surface area contributed by atoms with Gasteiger partial charge in [-0.25, -0.2) is 4.98 Å². The van der Waals surface area contributed by atoms with E-state index in [1.807, 2.05) is 60.7 Å². The van der Waals surface area contributed by atoms with Gasteiger partial charge in [0.15, 0.2) is 0 Å². The maximum atomic E-state index is 12.5. The Bertz CT molecular complexity index is 1590. The van der Waals surface area contributed by atoms with Gasteiger partial charge < -0.3 is 14.6 Å². The molecule has 1 N–H and O–H groups in total. The van der Waals surface area contributed by atoms with E-state index in [1.165, 1.54) is 5.56 Å². The minimum atomic E-state index is 0.0684. The molecule has 0 aliphatic rings. The zero-order chi connectivity index (χ0) is 29.0. The van der Waals surface area contributed by atoms with Crippen LogP contribution >= 0.6 is 0 Å². The largest absolute Gasteiger partial charge is 0.491 e. The molecule has 0 aliphatic heterocycles. The number of benzene rings is 4. The van der Waals surface area contributed by atoms with Crippen molar-refractivity contribution >= 4 is 16.9 Å². The first-order chi connectivity index (χ1) is 20.7. The first-order valence-corrected chi connectivity index (χ1v) is 14.9. The maximum absolute atomic E-state index is 12.5. The third-order valence-electron chi connectivity index (χ3n) is 7.47. The van der Waals surface area contributed by atoms with Crippen LogP contribution in [0.5, 0.6) is 5.75 Å². The van der Waals surface area contributed by atoms with Gasteiger partial charge in [-0.1, -0.05) is 97.4 Å². The smallest absolute Gasteiger partial charge is 0.224 e. The lowest BCUT2D eigenvalue weighted by Crippen LogP contribution is -2.26. The van der Waals surface area contributed by atoms with E-state index in [1.54, 1.807) is 0 Å². The molecule has 5 nitrogen and oxygen atoms in total. The summed E-state index contributed by atoms with van der Waals surface area (Å²) in [7, 11) is 0. The van der Waals surface area contributed by atoms with E-state index in [2.05, 4.69) is 65.0 Å². The van der Waals surface area contributed by atoms with Crippen LogP contribution in [0.3, 0.4) is 0 Å². The second-order valence-electron chi connectivity index (χ2n) is 10.5. The lowest BCUT2D eigenvalue weighted by molar-refractivity contribution is -0.120. The fourth-order valence-electron chi connectivity index (χ4n) is 5.29. The van der Waals surface area contributed by atoms with Crippen molar-refractivity contribution in [1.82, 2.24) is 14.9 Å². The second kappa shape index (κ2) is 14.8. The molecule has 1 heterocycles. The van der Waals surface area contributed by atoms with Crippen LogP contribution in [-0.2, 0) is 30.6 Å². The van der Waals surface area contributed by atoms with Gasteiger partial charge in [-0.05, 0) is 59.7 Å². The number of nitrogens with one attached hydrogen (secondary N) is 1. The first-order valence-electron chi connectivity index (χ1n) is 14.9. The molecule has 0 aliphatic carbocycles. The molecule has 0 spiro atoms. The molecule has 1 aromatic heterocycles. The summed E-state index contributed by atoms with van der Waals surface area (Å²) in [5.41, 5.74) is 6.68. The van der Waals surface area contributed by atoms with Crippen molar-refractivity contribution < 1.29 is 9.53 Å². The minimum Gasteiger partial charge on any atom is -0.491 e. The number of aryl methyl sites for hydroxylation is 1. The Labute approximate surface area is 248 Å². The molecule has 214 valence electrons. The number of amides is 1. The third kappa shape index (κ3) is 7.76. The summed E-state index contributed by atoms with van der Waals surface area (Å²) < 4.78 is 8.47. The van der Waals surface area contributed by atoms with Crippen LogP contribution in [0.15, 0.2) is 116 Å². The first kappa shape index (κ1) is 28.9. The van der Waals surface area contributed by atoms with Gasteiger partial charge in [0, 0.05) is 13.0 Å². The summed E-state index contributed by atoms with van der Waals surface area (Å²) in [6.07, 6.45) is 6.98. The second-order valence-corrected chi connectivity index (χ2v) is 10.5. The maximum Gasteiger partial charge on any atom is 0.224 e. The van der Waals surface area contributed by atoms with Crippen LogP contribution in [0, 0.1) is 0 Å². The number of para-hydroxylation sites is 3. The SMILES string of the molecule is C=CCc1ccccc1OCCn1c(CCCCCNC(=O)Cc2ccc(-c3ccccc3)cc2)nc2ccccc21. The van der Waals surface area contributed by atoms with Gasteiger partial charge in [-0.15, -0.1) is 6.58 Å². The van der Waals surface area contributed by atoms with Crippen LogP contribution in [0.2, 0.25) is 0 Å².